The topological polar surface area (TPSA) is 63.6 Å². The predicted octanol–water partition coefficient (Wildman–Crippen LogP) is 5.74. The third kappa shape index (κ3) is 4.42. The van der Waals surface area contributed by atoms with Gasteiger partial charge in [0.05, 0.1) is 5.56 Å². The monoisotopic (exact) mass is 392 g/mol. The van der Waals surface area contributed by atoms with Crippen molar-refractivity contribution in [2.75, 3.05) is 0 Å². The van der Waals surface area contributed by atoms with E-state index in [0.29, 0.717) is 5.75 Å². The Kier molecular flexibility index (Phi) is 5.40. The van der Waals surface area contributed by atoms with Gasteiger partial charge in [-0.3, -0.25) is 0 Å². The lowest BCUT2D eigenvalue weighted by Gasteiger charge is -2.42. The molecular formula is C25H28O4. The molecule has 0 atom stereocenters. The quantitative estimate of drug-likeness (QED) is 0.409. The van der Waals surface area contributed by atoms with E-state index in [0.717, 1.165) is 24.0 Å². The fraction of sp³-hybridized carbons (Fsp3) is 0.360. The van der Waals surface area contributed by atoms with Gasteiger partial charge in [-0.2, -0.15) is 0 Å². The first-order chi connectivity index (χ1) is 13.5. The SMILES string of the molecule is C/C(=C/C(=O)Oc1ccc(C(=O)O)cc1)c1ccc2c(c1)C(C)(C)CCC2(C)C. The first-order valence-electron chi connectivity index (χ1n) is 9.88. The number of esters is 1. The molecule has 1 aliphatic rings. The lowest BCUT2D eigenvalue weighted by atomic mass is 9.63. The fourth-order valence-corrected chi connectivity index (χ4v) is 3.91. The molecule has 2 aromatic rings. The number of hydrogen-bond donors (Lipinski definition) is 1. The van der Waals surface area contributed by atoms with Gasteiger partial charge in [0.25, 0.3) is 0 Å². The van der Waals surface area contributed by atoms with E-state index in [1.165, 1.54) is 41.5 Å². The Morgan fingerprint density at radius 1 is 0.897 bits per heavy atom. The highest BCUT2D eigenvalue weighted by Gasteiger charge is 2.36. The van der Waals surface area contributed by atoms with Crippen LogP contribution >= 0.6 is 0 Å². The largest absolute Gasteiger partial charge is 0.478 e. The van der Waals surface area contributed by atoms with Crippen molar-refractivity contribution >= 4 is 17.5 Å². The molecule has 0 spiro atoms. The summed E-state index contributed by atoms with van der Waals surface area (Å²) in [5.41, 5.74) is 4.97. The number of aromatic carboxylic acids is 1. The summed E-state index contributed by atoms with van der Waals surface area (Å²) in [7, 11) is 0. The number of rotatable bonds is 4. The number of allylic oxidation sites excluding steroid dienone is 1. The van der Waals surface area contributed by atoms with Crippen molar-refractivity contribution in [3.8, 4) is 5.75 Å². The standard InChI is InChI=1S/C25H28O4/c1-16(14-22(26)29-19-9-6-17(7-10-19)23(27)28)18-8-11-20-21(15-18)25(4,5)13-12-24(20,2)3/h6-11,14-15H,12-13H2,1-5H3,(H,27,28)/b16-14-. The Morgan fingerprint density at radius 3 is 2.03 bits per heavy atom. The molecule has 1 aliphatic carbocycles. The number of benzene rings is 2. The van der Waals surface area contributed by atoms with Crippen molar-refractivity contribution in [2.45, 2.75) is 58.3 Å². The van der Waals surface area contributed by atoms with Crippen molar-refractivity contribution in [1.82, 2.24) is 0 Å². The fourth-order valence-electron chi connectivity index (χ4n) is 3.91. The third-order valence-electron chi connectivity index (χ3n) is 5.96. The highest BCUT2D eigenvalue weighted by Crippen LogP contribution is 2.46. The maximum absolute atomic E-state index is 12.3. The van der Waals surface area contributed by atoms with Gasteiger partial charge in [-0.05, 0) is 77.1 Å². The zero-order chi connectivity index (χ0) is 21.4. The van der Waals surface area contributed by atoms with E-state index < -0.39 is 11.9 Å². The van der Waals surface area contributed by atoms with E-state index >= 15 is 0 Å². The summed E-state index contributed by atoms with van der Waals surface area (Å²) >= 11 is 0. The summed E-state index contributed by atoms with van der Waals surface area (Å²) in [6, 6.07) is 12.3. The molecule has 0 fully saturated rings. The summed E-state index contributed by atoms with van der Waals surface area (Å²) in [4.78, 5) is 23.2. The maximum atomic E-state index is 12.3. The van der Waals surface area contributed by atoms with Crippen LogP contribution in [0.5, 0.6) is 5.75 Å². The summed E-state index contributed by atoms with van der Waals surface area (Å²) in [6.45, 7) is 11.0. The highest BCUT2D eigenvalue weighted by atomic mass is 16.5. The first kappa shape index (κ1) is 20.8. The number of carboxylic acid groups (broad SMARTS) is 1. The molecule has 4 heteroatoms. The lowest BCUT2D eigenvalue weighted by molar-refractivity contribution is -0.128. The van der Waals surface area contributed by atoms with E-state index in [2.05, 4.69) is 45.9 Å². The van der Waals surface area contributed by atoms with Gasteiger partial charge in [0.2, 0.25) is 0 Å². The van der Waals surface area contributed by atoms with Crippen LogP contribution < -0.4 is 4.74 Å². The highest BCUT2D eigenvalue weighted by molar-refractivity contribution is 5.92. The minimum Gasteiger partial charge on any atom is -0.478 e. The number of carbonyl (C=O) groups is 2. The summed E-state index contributed by atoms with van der Waals surface area (Å²) in [5.74, 6) is -1.18. The second-order valence-electron chi connectivity index (χ2n) is 9.11. The molecule has 0 saturated heterocycles. The molecule has 2 aromatic carbocycles. The van der Waals surface area contributed by atoms with E-state index in [1.54, 1.807) is 0 Å². The molecule has 0 bridgehead atoms. The van der Waals surface area contributed by atoms with Crippen LogP contribution in [0.3, 0.4) is 0 Å². The minimum atomic E-state index is -1.02. The number of ether oxygens (including phenoxy) is 1. The molecule has 0 heterocycles. The van der Waals surface area contributed by atoms with Crippen LogP contribution in [-0.2, 0) is 15.6 Å². The Hall–Kier alpha value is -2.88. The molecule has 4 nitrogen and oxygen atoms in total. The summed E-state index contributed by atoms with van der Waals surface area (Å²) in [6.07, 6.45) is 3.77. The first-order valence-corrected chi connectivity index (χ1v) is 9.88. The van der Waals surface area contributed by atoms with Crippen molar-refractivity contribution in [3.05, 3.63) is 70.8 Å². The van der Waals surface area contributed by atoms with Gasteiger partial charge in [0.15, 0.2) is 0 Å². The van der Waals surface area contributed by atoms with Gasteiger partial charge in [-0.1, -0.05) is 45.9 Å². The molecule has 1 N–H and O–H groups in total. The molecule has 0 saturated carbocycles. The lowest BCUT2D eigenvalue weighted by Crippen LogP contribution is -2.33. The molecule has 0 radical (unpaired) electrons. The van der Waals surface area contributed by atoms with Crippen molar-refractivity contribution in [2.24, 2.45) is 0 Å². The normalized spacial score (nSPS) is 17.3. The predicted molar refractivity (Wildman–Crippen MR) is 114 cm³/mol. The minimum absolute atomic E-state index is 0.105. The van der Waals surface area contributed by atoms with E-state index in [-0.39, 0.29) is 16.4 Å². The van der Waals surface area contributed by atoms with Crippen LogP contribution in [0.4, 0.5) is 0 Å². The van der Waals surface area contributed by atoms with Crippen molar-refractivity contribution in [1.29, 1.82) is 0 Å². The Bertz CT molecular complexity index is 978. The Morgan fingerprint density at radius 2 is 1.45 bits per heavy atom. The molecular weight excluding hydrogens is 364 g/mol. The van der Waals surface area contributed by atoms with Crippen LogP contribution in [0.1, 0.15) is 74.5 Å². The number of carboxylic acids is 1. The van der Waals surface area contributed by atoms with Gasteiger partial charge in [0.1, 0.15) is 5.75 Å². The van der Waals surface area contributed by atoms with Gasteiger partial charge in [-0.15, -0.1) is 0 Å². The number of fused-ring (bicyclic) bond motifs is 1. The second kappa shape index (κ2) is 7.51. The maximum Gasteiger partial charge on any atom is 0.336 e. The van der Waals surface area contributed by atoms with E-state index in [1.807, 2.05) is 6.92 Å². The van der Waals surface area contributed by atoms with Crippen molar-refractivity contribution < 1.29 is 19.4 Å². The molecule has 0 unspecified atom stereocenters. The van der Waals surface area contributed by atoms with Crippen LogP contribution in [0.15, 0.2) is 48.5 Å². The molecule has 3 rings (SSSR count). The van der Waals surface area contributed by atoms with Gasteiger partial charge in [-0.25, -0.2) is 9.59 Å². The van der Waals surface area contributed by atoms with E-state index in [9.17, 15) is 9.59 Å². The van der Waals surface area contributed by atoms with Crippen LogP contribution in [0, 0.1) is 0 Å². The summed E-state index contributed by atoms with van der Waals surface area (Å²) in [5, 5.41) is 8.94. The number of carbonyl (C=O) groups excluding carboxylic acids is 1. The average molecular weight is 392 g/mol. The molecule has 152 valence electrons. The van der Waals surface area contributed by atoms with Crippen LogP contribution in [-0.4, -0.2) is 17.0 Å². The van der Waals surface area contributed by atoms with Crippen molar-refractivity contribution in [3.63, 3.8) is 0 Å². The van der Waals surface area contributed by atoms with Gasteiger partial charge in [0, 0.05) is 6.08 Å². The molecule has 29 heavy (non-hydrogen) atoms. The smallest absolute Gasteiger partial charge is 0.336 e. The molecule has 0 amide bonds. The Labute approximate surface area is 172 Å². The number of hydrogen-bond acceptors (Lipinski definition) is 3. The van der Waals surface area contributed by atoms with E-state index in [4.69, 9.17) is 9.84 Å². The Balaban J connectivity index is 1.82. The molecule has 0 aromatic heterocycles. The van der Waals surface area contributed by atoms with Gasteiger partial charge >= 0.3 is 11.9 Å². The van der Waals surface area contributed by atoms with Gasteiger partial charge < -0.3 is 9.84 Å². The molecule has 0 aliphatic heterocycles. The van der Waals surface area contributed by atoms with Crippen LogP contribution in [0.2, 0.25) is 0 Å². The average Bonchev–Trinajstić information content (AvgIpc) is 2.65. The second-order valence-corrected chi connectivity index (χ2v) is 9.11. The zero-order valence-corrected chi connectivity index (χ0v) is 17.7. The summed E-state index contributed by atoms with van der Waals surface area (Å²) < 4.78 is 5.32. The zero-order valence-electron chi connectivity index (χ0n) is 17.7. The van der Waals surface area contributed by atoms with Crippen LogP contribution in [0.25, 0.3) is 5.57 Å². The third-order valence-corrected chi connectivity index (χ3v) is 5.96.